The molecule has 1 N–H and O–H groups in total. The van der Waals surface area contributed by atoms with Crippen LogP contribution in [0, 0.1) is 6.92 Å². The summed E-state index contributed by atoms with van der Waals surface area (Å²) in [7, 11) is 0. The largest absolute Gasteiger partial charge is 0.328 e. The molecular weight excluding hydrogens is 272 g/mol. The second-order valence-electron chi connectivity index (χ2n) is 4.96. The Kier molecular flexibility index (Phi) is 5.48. The highest BCUT2D eigenvalue weighted by Gasteiger charge is 2.08. The van der Waals surface area contributed by atoms with Gasteiger partial charge in [-0.25, -0.2) is 0 Å². The van der Waals surface area contributed by atoms with Crippen molar-refractivity contribution in [1.82, 2.24) is 4.98 Å². The predicted octanol–water partition coefficient (Wildman–Crippen LogP) is 4.13. The second-order valence-corrected chi connectivity index (χ2v) is 4.96. The second kappa shape index (κ2) is 7.55. The molecule has 1 aliphatic heterocycles. The van der Waals surface area contributed by atoms with E-state index in [2.05, 4.69) is 16.1 Å². The van der Waals surface area contributed by atoms with Crippen LogP contribution >= 0.6 is 0 Å². The van der Waals surface area contributed by atoms with E-state index < -0.39 is 0 Å². The maximum absolute atomic E-state index is 12.0. The van der Waals surface area contributed by atoms with Crippen LogP contribution in [0.5, 0.6) is 0 Å². The Morgan fingerprint density at radius 3 is 2.45 bits per heavy atom. The first kappa shape index (κ1) is 16.0. The molecule has 1 aromatic heterocycles. The van der Waals surface area contributed by atoms with Crippen LogP contribution in [-0.2, 0) is 0 Å². The Hall–Kier alpha value is -2.42. The van der Waals surface area contributed by atoms with Crippen LogP contribution in [0.3, 0.4) is 0 Å². The van der Waals surface area contributed by atoms with E-state index in [1.165, 1.54) is 5.56 Å². The van der Waals surface area contributed by atoms with Gasteiger partial charge in [0, 0.05) is 23.9 Å². The summed E-state index contributed by atoms with van der Waals surface area (Å²) >= 11 is 0. The fourth-order valence-corrected chi connectivity index (χ4v) is 2.27. The molecule has 3 rings (SSSR count). The third kappa shape index (κ3) is 3.61. The molecule has 1 aromatic carbocycles. The molecular formula is C19H22N2O. The van der Waals surface area contributed by atoms with Gasteiger partial charge >= 0.3 is 0 Å². The summed E-state index contributed by atoms with van der Waals surface area (Å²) in [6.07, 6.45) is 6.83. The lowest BCUT2D eigenvalue weighted by molar-refractivity contribution is 0.993. The molecule has 0 spiro atoms. The first-order valence-electron chi connectivity index (χ1n) is 7.75. The van der Waals surface area contributed by atoms with E-state index in [1.807, 2.05) is 57.2 Å². The molecule has 114 valence electrons. The van der Waals surface area contributed by atoms with Gasteiger partial charge in [-0.15, -0.1) is 0 Å². The summed E-state index contributed by atoms with van der Waals surface area (Å²) < 4.78 is 0. The van der Waals surface area contributed by atoms with Crippen LogP contribution < -0.4 is 5.56 Å². The Bertz CT molecular complexity index is 737. The van der Waals surface area contributed by atoms with Crippen LogP contribution in [0.25, 0.3) is 11.1 Å². The topological polar surface area (TPSA) is 45.2 Å². The standard InChI is InChI=1S/C17H16N2O.C2H6/c1-12-5-7-13(8-6-12)15-10-14(11-19-17(15)20)16-4-2-3-9-18-16;1-2/h2,4-8,10-11H,3,9H2,1H3,(H,19,20);1-2H3. The Labute approximate surface area is 131 Å². The number of nitrogens with one attached hydrogen (secondary N) is 1. The Morgan fingerprint density at radius 1 is 1.09 bits per heavy atom. The van der Waals surface area contributed by atoms with Crippen LogP contribution in [-0.4, -0.2) is 17.2 Å². The minimum absolute atomic E-state index is 0.0713. The van der Waals surface area contributed by atoms with Gasteiger partial charge < -0.3 is 4.98 Å². The van der Waals surface area contributed by atoms with Crippen molar-refractivity contribution in [1.29, 1.82) is 0 Å². The van der Waals surface area contributed by atoms with Crippen molar-refractivity contribution in [3.63, 3.8) is 0 Å². The van der Waals surface area contributed by atoms with Crippen molar-refractivity contribution < 1.29 is 0 Å². The van der Waals surface area contributed by atoms with Crippen molar-refractivity contribution in [3.05, 3.63) is 70.2 Å². The molecule has 22 heavy (non-hydrogen) atoms. The molecule has 0 radical (unpaired) electrons. The van der Waals surface area contributed by atoms with Crippen LogP contribution in [0.4, 0.5) is 0 Å². The number of allylic oxidation sites excluding steroid dienone is 1. The van der Waals surface area contributed by atoms with Crippen molar-refractivity contribution in [2.75, 3.05) is 6.54 Å². The molecule has 0 unspecified atom stereocenters. The van der Waals surface area contributed by atoms with Gasteiger partial charge in [-0.05, 0) is 31.1 Å². The van der Waals surface area contributed by atoms with Crippen LogP contribution in [0.2, 0.25) is 0 Å². The lowest BCUT2D eigenvalue weighted by Crippen LogP contribution is -2.12. The Morgan fingerprint density at radius 2 is 1.82 bits per heavy atom. The van der Waals surface area contributed by atoms with Crippen molar-refractivity contribution in [2.45, 2.75) is 27.2 Å². The fraction of sp³-hybridized carbons (Fsp3) is 0.263. The molecule has 1 aliphatic rings. The zero-order valence-corrected chi connectivity index (χ0v) is 13.4. The highest BCUT2D eigenvalue weighted by atomic mass is 16.1. The van der Waals surface area contributed by atoms with Gasteiger partial charge in [-0.3, -0.25) is 9.79 Å². The molecule has 0 aliphatic carbocycles. The maximum Gasteiger partial charge on any atom is 0.255 e. The van der Waals surface area contributed by atoms with Gasteiger partial charge in [0.2, 0.25) is 0 Å². The predicted molar refractivity (Wildman–Crippen MR) is 93.7 cm³/mol. The number of rotatable bonds is 2. The van der Waals surface area contributed by atoms with E-state index in [0.717, 1.165) is 29.8 Å². The summed E-state index contributed by atoms with van der Waals surface area (Å²) in [6, 6.07) is 9.89. The van der Waals surface area contributed by atoms with E-state index in [0.29, 0.717) is 5.56 Å². The van der Waals surface area contributed by atoms with Gasteiger partial charge in [0.1, 0.15) is 0 Å². The van der Waals surface area contributed by atoms with Gasteiger partial charge in [0.05, 0.1) is 5.71 Å². The van der Waals surface area contributed by atoms with Crippen LogP contribution in [0.1, 0.15) is 31.4 Å². The van der Waals surface area contributed by atoms with Crippen LogP contribution in [0.15, 0.2) is 58.5 Å². The van der Waals surface area contributed by atoms with E-state index >= 15 is 0 Å². The summed E-state index contributed by atoms with van der Waals surface area (Å²) in [5.74, 6) is 0. The monoisotopic (exact) mass is 294 g/mol. The maximum atomic E-state index is 12.0. The summed E-state index contributed by atoms with van der Waals surface area (Å²) in [5.41, 5.74) is 4.61. The number of aromatic amines is 1. The highest BCUT2D eigenvalue weighted by molar-refractivity contribution is 6.09. The van der Waals surface area contributed by atoms with Gasteiger partial charge in [-0.2, -0.15) is 0 Å². The number of hydrogen-bond donors (Lipinski definition) is 1. The first-order valence-corrected chi connectivity index (χ1v) is 7.75. The Balaban J connectivity index is 0.000000847. The van der Waals surface area contributed by atoms with Gasteiger partial charge in [0.25, 0.3) is 5.56 Å². The van der Waals surface area contributed by atoms with E-state index in [-0.39, 0.29) is 5.56 Å². The van der Waals surface area contributed by atoms with Crippen molar-refractivity contribution in [2.24, 2.45) is 4.99 Å². The summed E-state index contributed by atoms with van der Waals surface area (Å²) in [6.45, 7) is 6.84. The molecule has 0 amide bonds. The van der Waals surface area contributed by atoms with Gasteiger partial charge in [-0.1, -0.05) is 49.8 Å². The number of hydrogen-bond acceptors (Lipinski definition) is 2. The number of nitrogens with zero attached hydrogens (tertiary/aromatic N) is 1. The smallest absolute Gasteiger partial charge is 0.255 e. The molecule has 0 saturated heterocycles. The number of aryl methyl sites for hydroxylation is 1. The average Bonchev–Trinajstić information content (AvgIpc) is 2.59. The van der Waals surface area contributed by atoms with E-state index in [4.69, 9.17) is 0 Å². The third-order valence-electron chi connectivity index (χ3n) is 3.42. The van der Waals surface area contributed by atoms with Crippen molar-refractivity contribution in [3.8, 4) is 11.1 Å². The molecule has 0 atom stereocenters. The lowest BCUT2D eigenvalue weighted by Gasteiger charge is -2.08. The quantitative estimate of drug-likeness (QED) is 0.889. The number of benzene rings is 1. The number of aromatic nitrogens is 1. The van der Waals surface area contributed by atoms with Gasteiger partial charge in [0.15, 0.2) is 0 Å². The first-order chi connectivity index (χ1) is 10.7. The normalized spacial score (nSPS) is 13.1. The zero-order valence-electron chi connectivity index (χ0n) is 13.4. The van der Waals surface area contributed by atoms with Crippen molar-refractivity contribution >= 4 is 5.71 Å². The minimum atomic E-state index is -0.0713. The SMILES string of the molecule is CC.Cc1ccc(-c2cc(C3=NCCC=C3)c[nH]c2=O)cc1. The highest BCUT2D eigenvalue weighted by Crippen LogP contribution is 2.18. The van der Waals surface area contributed by atoms with E-state index in [9.17, 15) is 4.79 Å². The van der Waals surface area contributed by atoms with E-state index in [1.54, 1.807) is 6.20 Å². The minimum Gasteiger partial charge on any atom is -0.328 e. The molecule has 0 bridgehead atoms. The molecule has 3 nitrogen and oxygen atoms in total. The fourth-order valence-electron chi connectivity index (χ4n) is 2.27. The third-order valence-corrected chi connectivity index (χ3v) is 3.42. The number of dihydropyridines is 1. The molecule has 3 heteroatoms. The summed E-state index contributed by atoms with van der Waals surface area (Å²) in [4.78, 5) is 19.3. The number of aliphatic imine (C=N–C) groups is 1. The lowest BCUT2D eigenvalue weighted by atomic mass is 10.0. The molecule has 0 fully saturated rings. The molecule has 0 saturated carbocycles. The summed E-state index contributed by atoms with van der Waals surface area (Å²) in [5, 5.41) is 0. The molecule has 2 aromatic rings. The average molecular weight is 294 g/mol. The number of H-pyrrole nitrogens is 1. The zero-order chi connectivity index (χ0) is 15.9. The molecule has 2 heterocycles. The number of pyridine rings is 1.